The number of nitrogens with one attached hydrogen (secondary N) is 2. The third-order valence-electron chi connectivity index (χ3n) is 3.74. The third kappa shape index (κ3) is 27.0. The standard InChI is InChI=1S/C18H36N2O4.CH5N.CH4O/c1-15(2)24-14-17(13-21)9-6-8-12-20-18(23)10-5-4-7-11-19-16(3)22;2*1-2/h15,17,21H,4-14H2,1-3H3,(H,19,22)(H,20,23);2H2,1H3;2H,1H3. The average Bonchev–Trinajstić information content (AvgIpc) is 2.69. The highest BCUT2D eigenvalue weighted by Crippen LogP contribution is 2.09. The van der Waals surface area contributed by atoms with Crippen LogP contribution in [-0.4, -0.2) is 68.6 Å². The average molecular weight is 408 g/mol. The molecule has 0 spiro atoms. The Labute approximate surface area is 171 Å². The lowest BCUT2D eigenvalue weighted by Gasteiger charge is -2.16. The normalized spacial score (nSPS) is 10.9. The maximum absolute atomic E-state index is 11.7. The van der Waals surface area contributed by atoms with E-state index >= 15 is 0 Å². The third-order valence-corrected chi connectivity index (χ3v) is 3.74. The Kier molecular flexibility index (Phi) is 29.0. The smallest absolute Gasteiger partial charge is 0.219 e. The summed E-state index contributed by atoms with van der Waals surface area (Å²) in [5.41, 5.74) is 4.50. The number of carbonyl (C=O) groups is 2. The first-order valence-corrected chi connectivity index (χ1v) is 10.2. The van der Waals surface area contributed by atoms with Gasteiger partial charge in [0.15, 0.2) is 0 Å². The highest BCUT2D eigenvalue weighted by molar-refractivity contribution is 5.75. The molecule has 0 bridgehead atoms. The fraction of sp³-hybridized carbons (Fsp3) is 0.900. The second-order valence-electron chi connectivity index (χ2n) is 6.57. The van der Waals surface area contributed by atoms with E-state index < -0.39 is 0 Å². The van der Waals surface area contributed by atoms with E-state index in [1.807, 2.05) is 13.8 Å². The fourth-order valence-electron chi connectivity index (χ4n) is 2.28. The Balaban J connectivity index is -0.00000146. The number of aliphatic hydroxyl groups is 2. The van der Waals surface area contributed by atoms with Gasteiger partial charge in [-0.15, -0.1) is 0 Å². The number of hydrogen-bond donors (Lipinski definition) is 5. The van der Waals surface area contributed by atoms with E-state index in [0.717, 1.165) is 45.6 Å². The van der Waals surface area contributed by atoms with Crippen molar-refractivity contribution in [3.05, 3.63) is 0 Å². The minimum absolute atomic E-state index is 0.00746. The molecule has 1 unspecified atom stereocenters. The summed E-state index contributed by atoms with van der Waals surface area (Å²) in [7, 11) is 2.50. The lowest BCUT2D eigenvalue weighted by Crippen LogP contribution is -2.24. The van der Waals surface area contributed by atoms with Gasteiger partial charge in [0.2, 0.25) is 11.8 Å². The first-order chi connectivity index (χ1) is 13.5. The summed E-state index contributed by atoms with van der Waals surface area (Å²) in [4.78, 5) is 22.4. The maximum atomic E-state index is 11.7. The monoisotopic (exact) mass is 407 g/mol. The Morgan fingerprint density at radius 2 is 1.54 bits per heavy atom. The zero-order valence-corrected chi connectivity index (χ0v) is 18.6. The van der Waals surface area contributed by atoms with Crippen LogP contribution in [0.1, 0.15) is 65.7 Å². The second kappa shape index (κ2) is 25.8. The van der Waals surface area contributed by atoms with E-state index in [9.17, 15) is 14.7 Å². The lowest BCUT2D eigenvalue weighted by atomic mass is 10.0. The highest BCUT2D eigenvalue weighted by atomic mass is 16.5. The number of carbonyl (C=O) groups excluding carboxylic acids is 2. The zero-order valence-electron chi connectivity index (χ0n) is 18.6. The Bertz CT molecular complexity index is 342. The summed E-state index contributed by atoms with van der Waals surface area (Å²) < 4.78 is 5.52. The van der Waals surface area contributed by atoms with Crippen LogP contribution in [-0.2, 0) is 14.3 Å². The van der Waals surface area contributed by atoms with E-state index in [1.54, 1.807) is 0 Å². The molecular formula is C20H45N3O5. The predicted molar refractivity (Wildman–Crippen MR) is 114 cm³/mol. The van der Waals surface area contributed by atoms with Gasteiger partial charge in [-0.2, -0.15) is 0 Å². The molecule has 0 fully saturated rings. The second-order valence-corrected chi connectivity index (χ2v) is 6.57. The minimum atomic E-state index is -0.00746. The molecule has 0 radical (unpaired) electrons. The lowest BCUT2D eigenvalue weighted by molar-refractivity contribution is -0.121. The van der Waals surface area contributed by atoms with E-state index in [4.69, 9.17) is 9.84 Å². The number of unbranched alkanes of at least 4 members (excludes halogenated alkanes) is 3. The summed E-state index contributed by atoms with van der Waals surface area (Å²) >= 11 is 0. The molecule has 0 rings (SSSR count). The van der Waals surface area contributed by atoms with E-state index in [-0.39, 0.29) is 30.4 Å². The summed E-state index contributed by atoms with van der Waals surface area (Å²) in [6.45, 7) is 7.61. The van der Waals surface area contributed by atoms with Gasteiger partial charge in [0, 0.05) is 46.1 Å². The molecule has 0 aliphatic carbocycles. The molecule has 0 aliphatic heterocycles. The molecule has 8 nitrogen and oxygen atoms in total. The molecule has 28 heavy (non-hydrogen) atoms. The molecule has 0 aromatic heterocycles. The number of ether oxygens (including phenoxy) is 1. The molecule has 0 aliphatic rings. The van der Waals surface area contributed by atoms with Gasteiger partial charge in [0.25, 0.3) is 0 Å². The molecule has 0 saturated heterocycles. The van der Waals surface area contributed by atoms with Crippen LogP contribution in [0.5, 0.6) is 0 Å². The van der Waals surface area contributed by atoms with Crippen LogP contribution in [0.25, 0.3) is 0 Å². The van der Waals surface area contributed by atoms with Crippen LogP contribution in [0.4, 0.5) is 0 Å². The highest BCUT2D eigenvalue weighted by Gasteiger charge is 2.08. The van der Waals surface area contributed by atoms with Crippen LogP contribution in [0.2, 0.25) is 0 Å². The van der Waals surface area contributed by atoms with Gasteiger partial charge in [-0.1, -0.05) is 12.8 Å². The SMILES string of the molecule is CC(=O)NCCCCCC(=O)NCCCCC(CO)COC(C)C.CN.CO. The molecule has 170 valence electrons. The van der Waals surface area contributed by atoms with Crippen molar-refractivity contribution in [2.45, 2.75) is 71.8 Å². The fourth-order valence-corrected chi connectivity index (χ4v) is 2.28. The van der Waals surface area contributed by atoms with Gasteiger partial charge in [-0.05, 0) is 46.6 Å². The van der Waals surface area contributed by atoms with Gasteiger partial charge < -0.3 is 31.3 Å². The number of rotatable bonds is 15. The van der Waals surface area contributed by atoms with Gasteiger partial charge in [0.1, 0.15) is 0 Å². The largest absolute Gasteiger partial charge is 0.400 e. The van der Waals surface area contributed by atoms with Gasteiger partial charge in [0.05, 0.1) is 12.7 Å². The predicted octanol–water partition coefficient (Wildman–Crippen LogP) is 1.19. The van der Waals surface area contributed by atoms with E-state index in [2.05, 4.69) is 16.4 Å². The first kappa shape index (κ1) is 31.5. The van der Waals surface area contributed by atoms with Crippen LogP contribution < -0.4 is 16.4 Å². The van der Waals surface area contributed by atoms with Crippen molar-refractivity contribution in [2.24, 2.45) is 11.7 Å². The molecular weight excluding hydrogens is 362 g/mol. The Morgan fingerprint density at radius 1 is 0.964 bits per heavy atom. The molecule has 2 amide bonds. The van der Waals surface area contributed by atoms with Crippen molar-refractivity contribution in [2.75, 3.05) is 40.5 Å². The van der Waals surface area contributed by atoms with Gasteiger partial charge >= 0.3 is 0 Å². The van der Waals surface area contributed by atoms with Crippen LogP contribution in [0, 0.1) is 5.92 Å². The summed E-state index contributed by atoms with van der Waals surface area (Å²) in [6.07, 6.45) is 6.26. The number of amides is 2. The number of hydrogen-bond acceptors (Lipinski definition) is 6. The molecule has 0 aromatic rings. The topological polar surface area (TPSA) is 134 Å². The molecule has 0 saturated carbocycles. The molecule has 8 heteroatoms. The van der Waals surface area contributed by atoms with Crippen LogP contribution in [0.15, 0.2) is 0 Å². The number of nitrogens with two attached hydrogens (primary N) is 1. The van der Waals surface area contributed by atoms with Crippen molar-refractivity contribution in [3.8, 4) is 0 Å². The summed E-state index contributed by atoms with van der Waals surface area (Å²) in [5, 5.41) is 22.0. The van der Waals surface area contributed by atoms with Crippen LogP contribution in [0.3, 0.4) is 0 Å². The quantitative estimate of drug-likeness (QED) is 0.259. The van der Waals surface area contributed by atoms with Crippen molar-refractivity contribution >= 4 is 11.8 Å². The Morgan fingerprint density at radius 3 is 2.07 bits per heavy atom. The molecule has 1 atom stereocenters. The molecule has 0 heterocycles. The van der Waals surface area contributed by atoms with E-state index in [0.29, 0.717) is 26.1 Å². The van der Waals surface area contributed by atoms with Crippen molar-refractivity contribution in [1.82, 2.24) is 10.6 Å². The Hall–Kier alpha value is -1.22. The van der Waals surface area contributed by atoms with Crippen LogP contribution >= 0.6 is 0 Å². The summed E-state index contributed by atoms with van der Waals surface area (Å²) in [5.74, 6) is 0.273. The first-order valence-electron chi connectivity index (χ1n) is 10.2. The zero-order chi connectivity index (χ0) is 22.2. The van der Waals surface area contributed by atoms with Gasteiger partial charge in [-0.25, -0.2) is 0 Å². The van der Waals surface area contributed by atoms with E-state index in [1.165, 1.54) is 14.0 Å². The van der Waals surface area contributed by atoms with Crippen molar-refractivity contribution < 1.29 is 24.5 Å². The molecule has 0 aromatic carbocycles. The van der Waals surface area contributed by atoms with Crippen molar-refractivity contribution in [3.63, 3.8) is 0 Å². The minimum Gasteiger partial charge on any atom is -0.400 e. The summed E-state index contributed by atoms with van der Waals surface area (Å²) in [6, 6.07) is 0. The number of aliphatic hydroxyl groups excluding tert-OH is 2. The van der Waals surface area contributed by atoms with Gasteiger partial charge in [-0.3, -0.25) is 9.59 Å². The molecule has 6 N–H and O–H groups in total. The maximum Gasteiger partial charge on any atom is 0.219 e. The van der Waals surface area contributed by atoms with Crippen molar-refractivity contribution in [1.29, 1.82) is 0 Å².